The van der Waals surface area contributed by atoms with Crippen molar-refractivity contribution in [3.8, 4) is 0 Å². The van der Waals surface area contributed by atoms with E-state index < -0.39 is 5.97 Å². The lowest BCUT2D eigenvalue weighted by Crippen LogP contribution is -2.34. The van der Waals surface area contributed by atoms with E-state index in [0.29, 0.717) is 39.2 Å². The first-order valence-electron chi connectivity index (χ1n) is 10.2. The summed E-state index contributed by atoms with van der Waals surface area (Å²) >= 11 is 7.38. The Hall–Kier alpha value is -3.16. The monoisotopic (exact) mass is 468 g/mol. The molecule has 0 aliphatic heterocycles. The number of nitrogens with zero attached hydrogens (tertiary/aromatic N) is 2. The van der Waals surface area contributed by atoms with Crippen LogP contribution in [0, 0.1) is 0 Å². The Morgan fingerprint density at radius 2 is 1.62 bits per heavy atom. The smallest absolute Gasteiger partial charge is 0.326 e. The van der Waals surface area contributed by atoms with Gasteiger partial charge in [-0.1, -0.05) is 35.9 Å². The molecular weight excluding hydrogens is 448 g/mol. The first-order chi connectivity index (χ1) is 15.5. The van der Waals surface area contributed by atoms with Crippen LogP contribution in [0.15, 0.2) is 65.5 Å². The molecule has 0 spiro atoms. The number of fused-ring (bicyclic) bond motifs is 2. The van der Waals surface area contributed by atoms with Gasteiger partial charge in [-0.15, -0.1) is 11.3 Å². The molecule has 2 aromatic carbocycles. The van der Waals surface area contributed by atoms with Crippen molar-refractivity contribution < 1.29 is 14.3 Å². The number of rotatable bonds is 7. The highest BCUT2D eigenvalue weighted by Gasteiger charge is 2.17. The average Bonchev–Trinajstić information content (AvgIpc) is 3.23. The van der Waals surface area contributed by atoms with Crippen molar-refractivity contribution in [2.45, 2.75) is 20.0 Å². The van der Waals surface area contributed by atoms with Crippen molar-refractivity contribution in [2.75, 3.05) is 13.2 Å². The molecule has 1 amide bonds. The SMILES string of the molecule is CCN(Cc1ccc(Cl)s1)C(=O)COC(=O)Cn1c2ccccc2c(=O)c2ccccc21. The number of pyridine rings is 1. The number of benzene rings is 2. The molecule has 0 saturated carbocycles. The number of halogens is 1. The zero-order chi connectivity index (χ0) is 22.7. The molecule has 2 aromatic heterocycles. The fourth-order valence-electron chi connectivity index (χ4n) is 3.66. The van der Waals surface area contributed by atoms with Gasteiger partial charge in [-0.25, -0.2) is 0 Å². The van der Waals surface area contributed by atoms with Gasteiger partial charge >= 0.3 is 5.97 Å². The molecule has 8 heteroatoms. The van der Waals surface area contributed by atoms with Crippen LogP contribution in [-0.2, 0) is 27.4 Å². The lowest BCUT2D eigenvalue weighted by Gasteiger charge is -2.20. The number of esters is 1. The molecule has 0 fully saturated rings. The van der Waals surface area contributed by atoms with Crippen LogP contribution in [0.5, 0.6) is 0 Å². The summed E-state index contributed by atoms with van der Waals surface area (Å²) in [7, 11) is 0. The number of likely N-dealkylation sites (N-methyl/N-ethyl adjacent to an activating group) is 1. The molecule has 0 saturated heterocycles. The molecule has 164 valence electrons. The van der Waals surface area contributed by atoms with Crippen molar-refractivity contribution in [3.63, 3.8) is 0 Å². The number of hydrogen-bond acceptors (Lipinski definition) is 5. The van der Waals surface area contributed by atoms with Crippen molar-refractivity contribution in [2.24, 2.45) is 0 Å². The minimum absolute atomic E-state index is 0.0803. The van der Waals surface area contributed by atoms with Crippen molar-refractivity contribution in [1.82, 2.24) is 9.47 Å². The van der Waals surface area contributed by atoms with Crippen LogP contribution in [0.4, 0.5) is 0 Å². The summed E-state index contributed by atoms with van der Waals surface area (Å²) in [5.41, 5.74) is 1.21. The largest absolute Gasteiger partial charge is 0.454 e. The fraction of sp³-hybridized carbons (Fsp3) is 0.208. The van der Waals surface area contributed by atoms with Crippen LogP contribution in [-0.4, -0.2) is 34.5 Å². The Bertz CT molecular complexity index is 1300. The van der Waals surface area contributed by atoms with E-state index in [1.807, 2.05) is 25.1 Å². The molecule has 2 heterocycles. The third-order valence-corrected chi connectivity index (χ3v) is 6.45. The minimum Gasteiger partial charge on any atom is -0.454 e. The van der Waals surface area contributed by atoms with Crippen molar-refractivity contribution >= 4 is 56.6 Å². The molecule has 4 aromatic rings. The summed E-state index contributed by atoms with van der Waals surface area (Å²) < 4.78 is 7.73. The second-order valence-corrected chi connectivity index (χ2v) is 9.02. The van der Waals surface area contributed by atoms with Crippen molar-refractivity contribution in [3.05, 3.63) is 80.1 Å². The number of hydrogen-bond donors (Lipinski definition) is 0. The van der Waals surface area contributed by atoms with Gasteiger partial charge in [0.1, 0.15) is 6.54 Å². The van der Waals surface area contributed by atoms with Crippen LogP contribution in [0.1, 0.15) is 11.8 Å². The van der Waals surface area contributed by atoms with Gasteiger partial charge in [-0.3, -0.25) is 14.4 Å². The maximum absolute atomic E-state index is 12.8. The van der Waals surface area contributed by atoms with E-state index in [1.54, 1.807) is 51.9 Å². The van der Waals surface area contributed by atoms with Gasteiger partial charge in [0.2, 0.25) is 0 Å². The molecule has 0 bridgehead atoms. The number of amides is 1. The lowest BCUT2D eigenvalue weighted by molar-refractivity contribution is -0.152. The Labute approximate surface area is 193 Å². The van der Waals surface area contributed by atoms with Gasteiger partial charge in [0.05, 0.1) is 21.9 Å². The molecular formula is C24H21ClN2O4S. The van der Waals surface area contributed by atoms with E-state index >= 15 is 0 Å². The highest BCUT2D eigenvalue weighted by Crippen LogP contribution is 2.23. The zero-order valence-electron chi connectivity index (χ0n) is 17.4. The molecule has 4 rings (SSSR count). The van der Waals surface area contributed by atoms with Gasteiger partial charge in [-0.2, -0.15) is 0 Å². The molecule has 0 N–H and O–H groups in total. The number of para-hydroxylation sites is 2. The fourth-order valence-corrected chi connectivity index (χ4v) is 4.76. The molecule has 32 heavy (non-hydrogen) atoms. The third kappa shape index (κ3) is 4.54. The minimum atomic E-state index is -0.549. The maximum Gasteiger partial charge on any atom is 0.326 e. The highest BCUT2D eigenvalue weighted by molar-refractivity contribution is 7.16. The topological polar surface area (TPSA) is 68.6 Å². The van der Waals surface area contributed by atoms with Gasteiger partial charge in [0.15, 0.2) is 12.0 Å². The third-order valence-electron chi connectivity index (χ3n) is 5.23. The number of carbonyl (C=O) groups is 2. The lowest BCUT2D eigenvalue weighted by atomic mass is 10.1. The highest BCUT2D eigenvalue weighted by atomic mass is 35.5. The van der Waals surface area contributed by atoms with Gasteiger partial charge in [-0.05, 0) is 43.3 Å². The molecule has 0 unspecified atom stereocenters. The molecule has 6 nitrogen and oxygen atoms in total. The van der Waals surface area contributed by atoms with E-state index in [-0.39, 0.29) is 24.5 Å². The zero-order valence-corrected chi connectivity index (χ0v) is 19.0. The first-order valence-corrected chi connectivity index (χ1v) is 11.3. The quantitative estimate of drug-likeness (QED) is 0.296. The predicted octanol–water partition coefficient (Wildman–Crippen LogP) is 4.46. The number of thiophene rings is 1. The average molecular weight is 469 g/mol. The van der Waals surface area contributed by atoms with E-state index in [0.717, 1.165) is 4.88 Å². The second-order valence-electron chi connectivity index (χ2n) is 7.22. The Morgan fingerprint density at radius 3 is 2.19 bits per heavy atom. The van der Waals surface area contributed by atoms with E-state index in [1.165, 1.54) is 11.3 Å². The molecule has 0 radical (unpaired) electrons. The Kier molecular flexibility index (Phi) is 6.58. The summed E-state index contributed by atoms with van der Waals surface area (Å²) in [6, 6.07) is 18.0. The number of ether oxygens (including phenoxy) is 1. The van der Waals surface area contributed by atoms with E-state index in [2.05, 4.69) is 0 Å². The van der Waals surface area contributed by atoms with Crippen LogP contribution in [0.25, 0.3) is 21.8 Å². The standard InChI is InChI=1S/C24H21ClN2O4S/c1-2-26(13-16-11-12-21(25)32-16)22(28)15-31-23(29)14-27-19-9-5-3-7-17(19)24(30)18-8-4-6-10-20(18)27/h3-12H,2,13-15H2,1H3. The van der Waals surface area contributed by atoms with Crippen LogP contribution >= 0.6 is 22.9 Å². The van der Waals surface area contributed by atoms with Crippen LogP contribution in [0.3, 0.4) is 0 Å². The van der Waals surface area contributed by atoms with Crippen LogP contribution < -0.4 is 5.43 Å². The normalized spacial score (nSPS) is 11.1. The summed E-state index contributed by atoms with van der Waals surface area (Å²) in [6.07, 6.45) is 0. The number of aromatic nitrogens is 1. The van der Waals surface area contributed by atoms with Gasteiger partial charge in [0.25, 0.3) is 5.91 Å². The second kappa shape index (κ2) is 9.54. The maximum atomic E-state index is 12.8. The summed E-state index contributed by atoms with van der Waals surface area (Å²) in [5.74, 6) is -0.826. The van der Waals surface area contributed by atoms with Crippen LogP contribution in [0.2, 0.25) is 4.34 Å². The van der Waals surface area contributed by atoms with E-state index in [4.69, 9.17) is 16.3 Å². The molecule has 0 atom stereocenters. The summed E-state index contributed by atoms with van der Waals surface area (Å²) in [5, 5.41) is 1.06. The molecule has 0 aliphatic rings. The Balaban J connectivity index is 1.51. The first kappa shape index (κ1) is 22.0. The van der Waals surface area contributed by atoms with Gasteiger partial charge < -0.3 is 14.2 Å². The van der Waals surface area contributed by atoms with E-state index in [9.17, 15) is 14.4 Å². The number of carbonyl (C=O) groups excluding carboxylic acids is 2. The van der Waals surface area contributed by atoms with Crippen molar-refractivity contribution in [1.29, 1.82) is 0 Å². The van der Waals surface area contributed by atoms with Gasteiger partial charge in [0, 0.05) is 22.2 Å². The Morgan fingerprint density at radius 1 is 1.00 bits per heavy atom. The molecule has 0 aliphatic carbocycles. The predicted molar refractivity (Wildman–Crippen MR) is 127 cm³/mol. The summed E-state index contributed by atoms with van der Waals surface area (Å²) in [4.78, 5) is 40.6. The summed E-state index contributed by atoms with van der Waals surface area (Å²) in [6.45, 7) is 2.32.